The zero-order valence-corrected chi connectivity index (χ0v) is 8.85. The first-order valence-corrected chi connectivity index (χ1v) is 5.19. The van der Waals surface area contributed by atoms with E-state index in [1.54, 1.807) is 0 Å². The fourth-order valence-electron chi connectivity index (χ4n) is 1.42. The molecule has 1 aromatic carbocycles. The summed E-state index contributed by atoms with van der Waals surface area (Å²) in [7, 11) is 0. The summed E-state index contributed by atoms with van der Waals surface area (Å²) in [5, 5.41) is 9.81. The van der Waals surface area contributed by atoms with Gasteiger partial charge in [0.05, 0.1) is 19.8 Å². The number of hydrogen-bond acceptors (Lipinski definition) is 3. The predicted octanol–water partition coefficient (Wildman–Crippen LogP) is 1.44. The molecular formula is C12H16O3. The van der Waals surface area contributed by atoms with Crippen LogP contribution in [0.3, 0.4) is 0 Å². The zero-order chi connectivity index (χ0) is 10.7. The van der Waals surface area contributed by atoms with Gasteiger partial charge in [-0.15, -0.1) is 0 Å². The first-order valence-electron chi connectivity index (χ1n) is 5.19. The average Bonchev–Trinajstić information content (AvgIpc) is 2.16. The molecule has 2 rings (SSSR count). The largest absolute Gasteiger partial charge is 0.386 e. The van der Waals surface area contributed by atoms with Crippen LogP contribution in [-0.2, 0) is 9.47 Å². The summed E-state index contributed by atoms with van der Waals surface area (Å²) in [6.45, 7) is 3.68. The topological polar surface area (TPSA) is 38.7 Å². The van der Waals surface area contributed by atoms with Gasteiger partial charge in [0.2, 0.25) is 0 Å². The van der Waals surface area contributed by atoms with Crippen LogP contribution in [0.1, 0.15) is 17.2 Å². The number of hydrogen-bond donors (Lipinski definition) is 1. The van der Waals surface area contributed by atoms with Gasteiger partial charge in [-0.25, -0.2) is 0 Å². The fraction of sp³-hybridized carbons (Fsp3) is 0.500. The molecule has 15 heavy (non-hydrogen) atoms. The fourth-order valence-corrected chi connectivity index (χ4v) is 1.42. The van der Waals surface area contributed by atoms with Crippen LogP contribution in [0.2, 0.25) is 0 Å². The van der Waals surface area contributed by atoms with Crippen molar-refractivity contribution in [2.75, 3.05) is 19.8 Å². The highest BCUT2D eigenvalue weighted by Crippen LogP contribution is 2.16. The quantitative estimate of drug-likeness (QED) is 0.813. The van der Waals surface area contributed by atoms with Crippen LogP contribution in [0.5, 0.6) is 0 Å². The molecule has 1 N–H and O–H groups in total. The maximum absolute atomic E-state index is 9.81. The molecule has 0 amide bonds. The third-order valence-electron chi connectivity index (χ3n) is 2.56. The van der Waals surface area contributed by atoms with Gasteiger partial charge in [-0.1, -0.05) is 29.8 Å². The average molecular weight is 208 g/mol. The minimum Gasteiger partial charge on any atom is -0.386 e. The van der Waals surface area contributed by atoms with Gasteiger partial charge in [-0.2, -0.15) is 0 Å². The molecule has 1 heterocycles. The van der Waals surface area contributed by atoms with Gasteiger partial charge in [0.25, 0.3) is 0 Å². The maximum Gasteiger partial charge on any atom is 0.104 e. The maximum atomic E-state index is 9.81. The molecule has 1 aliphatic heterocycles. The van der Waals surface area contributed by atoms with Crippen molar-refractivity contribution in [3.05, 3.63) is 35.4 Å². The number of rotatable bonds is 4. The van der Waals surface area contributed by atoms with Gasteiger partial charge in [0.15, 0.2) is 0 Å². The van der Waals surface area contributed by atoms with Crippen molar-refractivity contribution < 1.29 is 14.6 Å². The number of benzene rings is 1. The van der Waals surface area contributed by atoms with Crippen molar-refractivity contribution in [2.24, 2.45) is 0 Å². The van der Waals surface area contributed by atoms with Crippen molar-refractivity contribution in [1.82, 2.24) is 0 Å². The van der Waals surface area contributed by atoms with Crippen LogP contribution < -0.4 is 0 Å². The Balaban J connectivity index is 1.83. The number of ether oxygens (including phenoxy) is 2. The molecule has 0 radical (unpaired) electrons. The molecule has 3 nitrogen and oxygen atoms in total. The summed E-state index contributed by atoms with van der Waals surface area (Å²) in [5.74, 6) is 0. The SMILES string of the molecule is Cc1ccc(C(O)COC2COC2)cc1. The van der Waals surface area contributed by atoms with E-state index >= 15 is 0 Å². The summed E-state index contributed by atoms with van der Waals surface area (Å²) in [5.41, 5.74) is 2.10. The van der Waals surface area contributed by atoms with Crippen LogP contribution in [0.4, 0.5) is 0 Å². The Kier molecular flexibility index (Phi) is 3.36. The Morgan fingerprint density at radius 3 is 2.60 bits per heavy atom. The van der Waals surface area contributed by atoms with Crippen molar-refractivity contribution in [2.45, 2.75) is 19.1 Å². The van der Waals surface area contributed by atoms with Gasteiger partial charge in [0.1, 0.15) is 12.2 Å². The van der Waals surface area contributed by atoms with Crippen LogP contribution >= 0.6 is 0 Å². The Hall–Kier alpha value is -0.900. The van der Waals surface area contributed by atoms with Crippen LogP contribution in [0.15, 0.2) is 24.3 Å². The number of aryl methyl sites for hydroxylation is 1. The van der Waals surface area contributed by atoms with E-state index in [2.05, 4.69) is 0 Å². The third-order valence-corrected chi connectivity index (χ3v) is 2.56. The minimum atomic E-state index is -0.536. The first-order chi connectivity index (χ1) is 7.25. The van der Waals surface area contributed by atoms with E-state index in [-0.39, 0.29) is 6.10 Å². The lowest BCUT2D eigenvalue weighted by Gasteiger charge is -2.27. The van der Waals surface area contributed by atoms with Crippen molar-refractivity contribution >= 4 is 0 Å². The summed E-state index contributed by atoms with van der Waals surface area (Å²) < 4.78 is 10.4. The highest BCUT2D eigenvalue weighted by molar-refractivity contribution is 5.23. The van der Waals surface area contributed by atoms with E-state index in [4.69, 9.17) is 9.47 Å². The lowest BCUT2D eigenvalue weighted by molar-refractivity contribution is -0.143. The Labute approximate surface area is 89.6 Å². The molecule has 0 bridgehead atoms. The molecule has 1 unspecified atom stereocenters. The van der Waals surface area contributed by atoms with Crippen molar-refractivity contribution in [1.29, 1.82) is 0 Å². The molecule has 1 fully saturated rings. The van der Waals surface area contributed by atoms with E-state index < -0.39 is 6.10 Å². The molecule has 0 saturated carbocycles. The first kappa shape index (κ1) is 10.6. The summed E-state index contributed by atoms with van der Waals surface area (Å²) >= 11 is 0. The van der Waals surface area contributed by atoms with E-state index in [1.807, 2.05) is 31.2 Å². The Morgan fingerprint density at radius 1 is 1.40 bits per heavy atom. The molecule has 3 heteroatoms. The Morgan fingerprint density at radius 2 is 2.07 bits per heavy atom. The predicted molar refractivity (Wildman–Crippen MR) is 56.7 cm³/mol. The molecule has 82 valence electrons. The molecule has 1 atom stereocenters. The molecule has 1 aromatic rings. The lowest BCUT2D eigenvalue weighted by atomic mass is 10.1. The van der Waals surface area contributed by atoms with Crippen LogP contribution in [-0.4, -0.2) is 31.0 Å². The second-order valence-corrected chi connectivity index (χ2v) is 3.92. The van der Waals surface area contributed by atoms with Gasteiger partial charge in [-0.05, 0) is 12.5 Å². The molecular weight excluding hydrogens is 192 g/mol. The smallest absolute Gasteiger partial charge is 0.104 e. The normalized spacial score (nSPS) is 18.5. The van der Waals surface area contributed by atoms with Crippen molar-refractivity contribution in [3.8, 4) is 0 Å². The van der Waals surface area contributed by atoms with E-state index in [0.717, 1.165) is 5.56 Å². The van der Waals surface area contributed by atoms with E-state index in [0.29, 0.717) is 19.8 Å². The van der Waals surface area contributed by atoms with Gasteiger partial charge >= 0.3 is 0 Å². The summed E-state index contributed by atoms with van der Waals surface area (Å²) in [6.07, 6.45) is -0.365. The van der Waals surface area contributed by atoms with Crippen molar-refractivity contribution in [3.63, 3.8) is 0 Å². The van der Waals surface area contributed by atoms with Gasteiger partial charge < -0.3 is 14.6 Å². The number of aliphatic hydroxyl groups is 1. The summed E-state index contributed by atoms with van der Waals surface area (Å²) in [6, 6.07) is 7.84. The molecule has 0 aromatic heterocycles. The number of aliphatic hydroxyl groups excluding tert-OH is 1. The molecule has 1 aliphatic rings. The standard InChI is InChI=1S/C12H16O3/c1-9-2-4-10(5-3-9)12(13)8-15-11-6-14-7-11/h2-5,11-13H,6-8H2,1H3. The molecule has 0 aliphatic carbocycles. The van der Waals surface area contributed by atoms with E-state index in [1.165, 1.54) is 5.56 Å². The van der Waals surface area contributed by atoms with E-state index in [9.17, 15) is 5.11 Å². The Bertz CT molecular complexity index is 303. The van der Waals surface area contributed by atoms with Gasteiger partial charge in [-0.3, -0.25) is 0 Å². The zero-order valence-electron chi connectivity index (χ0n) is 8.85. The summed E-state index contributed by atoms with van der Waals surface area (Å²) in [4.78, 5) is 0. The lowest BCUT2D eigenvalue weighted by Crippen LogP contribution is -2.37. The molecule has 1 saturated heterocycles. The second-order valence-electron chi connectivity index (χ2n) is 3.92. The molecule has 0 spiro atoms. The highest BCUT2D eigenvalue weighted by Gasteiger charge is 2.20. The third kappa shape index (κ3) is 2.78. The van der Waals surface area contributed by atoms with Gasteiger partial charge in [0, 0.05) is 0 Å². The second kappa shape index (κ2) is 4.75. The van der Waals surface area contributed by atoms with Crippen LogP contribution in [0, 0.1) is 6.92 Å². The highest BCUT2D eigenvalue weighted by atomic mass is 16.6. The van der Waals surface area contributed by atoms with Crippen LogP contribution in [0.25, 0.3) is 0 Å². The minimum absolute atomic E-state index is 0.171. The monoisotopic (exact) mass is 208 g/mol.